The van der Waals surface area contributed by atoms with Gasteiger partial charge in [0.25, 0.3) is 0 Å². The summed E-state index contributed by atoms with van der Waals surface area (Å²) in [6.45, 7) is 4.45. The fraction of sp³-hybridized carbons (Fsp3) is 0.529. The minimum Gasteiger partial charge on any atom is -0.492 e. The molecule has 0 N–H and O–H groups in total. The highest BCUT2D eigenvalue weighted by Gasteiger charge is 2.35. The van der Waals surface area contributed by atoms with Gasteiger partial charge in [0.2, 0.25) is 0 Å². The van der Waals surface area contributed by atoms with Crippen LogP contribution in [0.2, 0.25) is 0 Å². The molecular weight excluding hydrogens is 292 g/mol. The zero-order valence-corrected chi connectivity index (χ0v) is 14.0. The average molecular weight is 316 g/mol. The largest absolute Gasteiger partial charge is 0.492 e. The van der Waals surface area contributed by atoms with E-state index in [1.165, 1.54) is 5.56 Å². The van der Waals surface area contributed by atoms with Crippen LogP contribution in [0.1, 0.15) is 23.9 Å². The number of aryl methyl sites for hydroxylation is 2. The van der Waals surface area contributed by atoms with Crippen molar-refractivity contribution in [3.05, 3.63) is 42.0 Å². The Kier molecular flexibility index (Phi) is 4.93. The maximum Gasteiger partial charge on any atom is 0.150 e. The maximum absolute atomic E-state index is 5.89. The Labute approximate surface area is 137 Å². The van der Waals surface area contributed by atoms with Crippen molar-refractivity contribution in [1.29, 1.82) is 0 Å². The molecule has 0 aliphatic carbocycles. The molecule has 0 unspecified atom stereocenters. The highest BCUT2D eigenvalue weighted by atomic mass is 16.5. The number of ether oxygens (including phenoxy) is 2. The van der Waals surface area contributed by atoms with Gasteiger partial charge in [0, 0.05) is 27.2 Å². The lowest BCUT2D eigenvalue weighted by atomic mass is 10.2. The Morgan fingerprint density at radius 2 is 2.22 bits per heavy atom. The lowest BCUT2D eigenvalue weighted by Gasteiger charge is -2.23. The number of methoxy groups -OCH3 is 1. The Balaban J connectivity index is 1.61. The molecule has 124 valence electrons. The first kappa shape index (κ1) is 16.0. The lowest BCUT2D eigenvalue weighted by Crippen LogP contribution is -2.30. The van der Waals surface area contributed by atoms with E-state index in [1.54, 1.807) is 13.4 Å². The van der Waals surface area contributed by atoms with Crippen LogP contribution in [-0.2, 0) is 11.8 Å². The van der Waals surface area contributed by atoms with Crippen LogP contribution in [0.25, 0.3) is 0 Å². The van der Waals surface area contributed by atoms with Gasteiger partial charge >= 0.3 is 0 Å². The van der Waals surface area contributed by atoms with E-state index < -0.39 is 0 Å². The molecule has 1 aromatic carbocycles. The number of likely N-dealkylation sites (tertiary alicyclic amines) is 1. The van der Waals surface area contributed by atoms with E-state index in [4.69, 9.17) is 9.47 Å². The van der Waals surface area contributed by atoms with Crippen molar-refractivity contribution >= 4 is 0 Å². The van der Waals surface area contributed by atoms with Crippen LogP contribution in [0, 0.1) is 6.92 Å². The molecule has 1 saturated heterocycles. The molecule has 1 aromatic heterocycles. The summed E-state index contributed by atoms with van der Waals surface area (Å²) in [7, 11) is 3.75. The summed E-state index contributed by atoms with van der Waals surface area (Å²) in [4.78, 5) is 2.37. The third kappa shape index (κ3) is 3.71. The second kappa shape index (κ2) is 7.10. The number of rotatable bonds is 6. The number of nitrogens with zero attached hydrogens (tertiary/aromatic N) is 4. The molecule has 2 aromatic rings. The van der Waals surface area contributed by atoms with Crippen LogP contribution in [0.5, 0.6) is 5.75 Å². The second-order valence-corrected chi connectivity index (χ2v) is 6.07. The topological polar surface area (TPSA) is 52.4 Å². The first-order valence-electron chi connectivity index (χ1n) is 7.97. The highest BCUT2D eigenvalue weighted by Crippen LogP contribution is 2.31. The fourth-order valence-electron chi connectivity index (χ4n) is 3.13. The number of aromatic nitrogens is 3. The predicted molar refractivity (Wildman–Crippen MR) is 87.4 cm³/mol. The minimum atomic E-state index is 0.230. The minimum absolute atomic E-state index is 0.230. The monoisotopic (exact) mass is 316 g/mol. The first-order chi connectivity index (χ1) is 11.2. The zero-order chi connectivity index (χ0) is 16.2. The van der Waals surface area contributed by atoms with E-state index in [0.29, 0.717) is 6.61 Å². The summed E-state index contributed by atoms with van der Waals surface area (Å²) in [5.41, 5.74) is 1.21. The molecule has 0 spiro atoms. The normalized spacial score (nSPS) is 21.7. The van der Waals surface area contributed by atoms with Crippen LogP contribution in [0.15, 0.2) is 30.6 Å². The zero-order valence-electron chi connectivity index (χ0n) is 14.0. The van der Waals surface area contributed by atoms with Crippen molar-refractivity contribution in [2.75, 3.05) is 26.8 Å². The molecule has 0 bridgehead atoms. The molecule has 2 atom stereocenters. The lowest BCUT2D eigenvalue weighted by molar-refractivity contribution is 0.105. The van der Waals surface area contributed by atoms with Gasteiger partial charge in [0.05, 0.1) is 12.1 Å². The van der Waals surface area contributed by atoms with Gasteiger partial charge in [-0.2, -0.15) is 0 Å². The first-order valence-corrected chi connectivity index (χ1v) is 7.97. The molecule has 6 nitrogen and oxygen atoms in total. The van der Waals surface area contributed by atoms with Crippen molar-refractivity contribution in [3.63, 3.8) is 0 Å². The van der Waals surface area contributed by atoms with Gasteiger partial charge in [-0.05, 0) is 31.0 Å². The van der Waals surface area contributed by atoms with Crippen LogP contribution < -0.4 is 4.74 Å². The van der Waals surface area contributed by atoms with Gasteiger partial charge in [-0.3, -0.25) is 4.90 Å². The average Bonchev–Trinajstić information content (AvgIpc) is 3.13. The molecule has 23 heavy (non-hydrogen) atoms. The number of hydrogen-bond donors (Lipinski definition) is 0. The van der Waals surface area contributed by atoms with Crippen molar-refractivity contribution in [1.82, 2.24) is 19.7 Å². The van der Waals surface area contributed by atoms with E-state index in [-0.39, 0.29) is 12.1 Å². The number of hydrogen-bond acceptors (Lipinski definition) is 5. The van der Waals surface area contributed by atoms with Gasteiger partial charge < -0.3 is 14.0 Å². The molecule has 0 amide bonds. The molecule has 2 heterocycles. The van der Waals surface area contributed by atoms with E-state index in [0.717, 1.165) is 31.1 Å². The Bertz CT molecular complexity index is 643. The molecule has 1 aliphatic heterocycles. The van der Waals surface area contributed by atoms with Crippen LogP contribution >= 0.6 is 0 Å². The number of benzene rings is 1. The van der Waals surface area contributed by atoms with Crippen molar-refractivity contribution < 1.29 is 9.47 Å². The van der Waals surface area contributed by atoms with Gasteiger partial charge in [0.15, 0.2) is 0 Å². The quantitative estimate of drug-likeness (QED) is 0.815. The summed E-state index contributed by atoms with van der Waals surface area (Å²) in [5.74, 6) is 1.91. The molecule has 6 heteroatoms. The van der Waals surface area contributed by atoms with E-state index in [2.05, 4.69) is 34.2 Å². The maximum atomic E-state index is 5.89. The van der Waals surface area contributed by atoms with E-state index in [1.807, 2.05) is 23.7 Å². The predicted octanol–water partition coefficient (Wildman–Crippen LogP) is 1.96. The molecule has 1 aliphatic rings. The molecular formula is C17H24N4O2. The SMILES string of the molecule is CO[C@@H]1C[C@@H](c2nncn2C)N(CCOc2cccc(C)c2)C1. The fourth-order valence-corrected chi connectivity index (χ4v) is 3.13. The van der Waals surface area contributed by atoms with Crippen molar-refractivity contribution in [2.45, 2.75) is 25.5 Å². The summed E-state index contributed by atoms with van der Waals surface area (Å²) < 4.78 is 13.4. The van der Waals surface area contributed by atoms with Gasteiger partial charge in [-0.1, -0.05) is 12.1 Å². The van der Waals surface area contributed by atoms with E-state index >= 15 is 0 Å². The van der Waals surface area contributed by atoms with E-state index in [9.17, 15) is 0 Å². The Morgan fingerprint density at radius 1 is 1.35 bits per heavy atom. The smallest absolute Gasteiger partial charge is 0.150 e. The Hall–Kier alpha value is -1.92. The van der Waals surface area contributed by atoms with Crippen LogP contribution in [0.3, 0.4) is 0 Å². The van der Waals surface area contributed by atoms with Crippen molar-refractivity contribution in [3.8, 4) is 5.75 Å². The summed E-state index contributed by atoms with van der Waals surface area (Å²) in [6.07, 6.45) is 2.92. The molecule has 1 fully saturated rings. The van der Waals surface area contributed by atoms with Crippen LogP contribution in [-0.4, -0.2) is 52.6 Å². The van der Waals surface area contributed by atoms with Gasteiger partial charge in [0.1, 0.15) is 24.5 Å². The highest BCUT2D eigenvalue weighted by molar-refractivity contribution is 5.27. The summed E-state index contributed by atoms with van der Waals surface area (Å²) in [5, 5.41) is 8.27. The van der Waals surface area contributed by atoms with Gasteiger partial charge in [-0.25, -0.2) is 0 Å². The summed E-state index contributed by atoms with van der Waals surface area (Å²) >= 11 is 0. The molecule has 0 radical (unpaired) electrons. The van der Waals surface area contributed by atoms with Crippen molar-refractivity contribution in [2.24, 2.45) is 7.05 Å². The third-order valence-electron chi connectivity index (χ3n) is 4.38. The molecule has 3 rings (SSSR count). The molecule has 0 saturated carbocycles. The summed E-state index contributed by atoms with van der Waals surface area (Å²) in [6, 6.07) is 8.37. The second-order valence-electron chi connectivity index (χ2n) is 6.07. The third-order valence-corrected chi connectivity index (χ3v) is 4.38. The van der Waals surface area contributed by atoms with Crippen LogP contribution in [0.4, 0.5) is 0 Å². The standard InChI is InChI=1S/C17H24N4O2/c1-13-5-4-6-14(9-13)23-8-7-21-11-15(22-3)10-16(21)17-19-18-12-20(17)2/h4-6,9,12,15-16H,7-8,10-11H2,1-3H3/t15-,16+/m1/s1. The van der Waals surface area contributed by atoms with Gasteiger partial charge in [-0.15, -0.1) is 10.2 Å². The Morgan fingerprint density at radius 3 is 2.91 bits per heavy atom.